The highest BCUT2D eigenvalue weighted by atomic mass is 32.2. The monoisotopic (exact) mass is 387 g/mol. The molecule has 0 aromatic heterocycles. The number of carbonyl (C=O) groups excluding carboxylic acids is 1. The zero-order valence-corrected chi connectivity index (χ0v) is 17.7. The van der Waals surface area contributed by atoms with Crippen LogP contribution in [0.1, 0.15) is 25.3 Å². The number of hydrogen-bond acceptors (Lipinski definition) is 3. The average Bonchev–Trinajstić information content (AvgIpc) is 3.14. The summed E-state index contributed by atoms with van der Waals surface area (Å²) in [6, 6.07) is 10.8. The van der Waals surface area contributed by atoms with E-state index < -0.39 is 0 Å². The second kappa shape index (κ2) is 11.2. The number of nitrogens with one attached hydrogen (secondary N) is 1. The maximum atomic E-state index is 12.9. The van der Waals surface area contributed by atoms with Crippen molar-refractivity contribution in [1.29, 1.82) is 0 Å². The van der Waals surface area contributed by atoms with Crippen LogP contribution in [0.5, 0.6) is 0 Å². The molecule has 1 heterocycles. The Morgan fingerprint density at radius 2 is 2.04 bits per heavy atom. The van der Waals surface area contributed by atoms with Crippen molar-refractivity contribution in [1.82, 2.24) is 15.1 Å². The van der Waals surface area contributed by atoms with Crippen LogP contribution in [0.4, 0.5) is 4.79 Å². The number of carbonyl (C=O) groups is 1. The van der Waals surface area contributed by atoms with Crippen LogP contribution in [0.2, 0.25) is 0 Å². The fourth-order valence-corrected chi connectivity index (χ4v) is 4.22. The summed E-state index contributed by atoms with van der Waals surface area (Å²) in [6.07, 6.45) is 4.78. The van der Waals surface area contributed by atoms with E-state index in [9.17, 15) is 4.79 Å². The lowest BCUT2D eigenvalue weighted by molar-refractivity contribution is 0.174. The molecule has 1 aliphatic heterocycles. The van der Waals surface area contributed by atoms with Gasteiger partial charge in [-0.25, -0.2) is 4.79 Å². The van der Waals surface area contributed by atoms with E-state index in [-0.39, 0.29) is 18.1 Å². The van der Waals surface area contributed by atoms with Crippen LogP contribution in [-0.4, -0.2) is 60.9 Å². The summed E-state index contributed by atoms with van der Waals surface area (Å²) in [5.41, 5.74) is 2.73. The van der Waals surface area contributed by atoms with E-state index in [2.05, 4.69) is 67.5 Å². The van der Waals surface area contributed by atoms with Gasteiger partial charge in [0.15, 0.2) is 0 Å². The van der Waals surface area contributed by atoms with E-state index in [1.54, 1.807) is 6.08 Å². The molecule has 0 spiro atoms. The predicted octanol–water partition coefficient (Wildman–Crippen LogP) is 4.16. The van der Waals surface area contributed by atoms with Crippen molar-refractivity contribution in [2.75, 3.05) is 32.9 Å². The Balaban J connectivity index is 1.96. The Morgan fingerprint density at radius 3 is 2.63 bits per heavy atom. The van der Waals surface area contributed by atoms with Crippen molar-refractivity contribution in [2.45, 2.75) is 38.3 Å². The van der Waals surface area contributed by atoms with Crippen molar-refractivity contribution >= 4 is 17.8 Å². The van der Waals surface area contributed by atoms with Gasteiger partial charge >= 0.3 is 6.03 Å². The molecule has 0 saturated heterocycles. The summed E-state index contributed by atoms with van der Waals surface area (Å²) in [4.78, 5) is 16.9. The fraction of sp³-hybridized carbons (Fsp3) is 0.500. The van der Waals surface area contributed by atoms with Crippen LogP contribution in [0.25, 0.3) is 0 Å². The smallest absolute Gasteiger partial charge is 0.317 e. The van der Waals surface area contributed by atoms with Gasteiger partial charge in [0, 0.05) is 30.9 Å². The molecule has 1 N–H and O–H groups in total. The molecule has 2 atom stereocenters. The molecule has 2 rings (SSSR count). The van der Waals surface area contributed by atoms with Crippen molar-refractivity contribution in [3.8, 4) is 0 Å². The summed E-state index contributed by atoms with van der Waals surface area (Å²) < 4.78 is 0. The zero-order valence-electron chi connectivity index (χ0n) is 16.9. The molecule has 0 fully saturated rings. The number of amides is 2. The second-order valence-electron chi connectivity index (χ2n) is 7.45. The summed E-state index contributed by atoms with van der Waals surface area (Å²) in [6.45, 7) is 7.14. The number of thioether (sulfide) groups is 1. The van der Waals surface area contributed by atoms with Gasteiger partial charge in [-0.1, -0.05) is 42.0 Å². The molecule has 1 unspecified atom stereocenters. The summed E-state index contributed by atoms with van der Waals surface area (Å²) in [5, 5.41) is 5.41. The van der Waals surface area contributed by atoms with E-state index in [0.717, 1.165) is 19.3 Å². The lowest BCUT2D eigenvalue weighted by atomic mass is 10.0. The molecule has 0 aliphatic carbocycles. The van der Waals surface area contributed by atoms with E-state index in [1.165, 1.54) is 16.9 Å². The van der Waals surface area contributed by atoms with E-state index in [0.29, 0.717) is 13.1 Å². The van der Waals surface area contributed by atoms with Crippen LogP contribution in [0, 0.1) is 0 Å². The first-order chi connectivity index (χ1) is 13.0. The molecular formula is C22H33N3OS. The molecule has 2 amide bonds. The Kier molecular flexibility index (Phi) is 8.95. The van der Waals surface area contributed by atoms with Gasteiger partial charge in [-0.15, -0.1) is 18.3 Å². The van der Waals surface area contributed by atoms with Crippen molar-refractivity contribution in [3.63, 3.8) is 0 Å². The molecule has 0 radical (unpaired) electrons. The average molecular weight is 388 g/mol. The summed E-state index contributed by atoms with van der Waals surface area (Å²) in [5.74, 6) is 1.17. The minimum atomic E-state index is -0.00596. The molecular weight excluding hydrogens is 354 g/mol. The third-order valence-electron chi connectivity index (χ3n) is 4.84. The van der Waals surface area contributed by atoms with Crippen molar-refractivity contribution in [3.05, 3.63) is 59.5 Å². The van der Waals surface area contributed by atoms with E-state index in [1.807, 2.05) is 22.7 Å². The highest BCUT2D eigenvalue weighted by Gasteiger charge is 2.22. The van der Waals surface area contributed by atoms with Gasteiger partial charge < -0.3 is 15.1 Å². The molecule has 4 nitrogen and oxygen atoms in total. The van der Waals surface area contributed by atoms with Gasteiger partial charge in [-0.2, -0.15) is 0 Å². The summed E-state index contributed by atoms with van der Waals surface area (Å²) in [7, 11) is 4.15. The number of hydrogen-bond donors (Lipinski definition) is 1. The van der Waals surface area contributed by atoms with Gasteiger partial charge in [0.2, 0.25) is 0 Å². The molecule has 1 aromatic rings. The van der Waals surface area contributed by atoms with Gasteiger partial charge in [0.05, 0.1) is 0 Å². The minimum Gasteiger partial charge on any atom is -0.335 e. The number of nitrogens with zero attached hydrogens (tertiary/aromatic N) is 2. The number of likely N-dealkylation sites (N-methyl/N-ethyl adjacent to an activating group) is 1. The van der Waals surface area contributed by atoms with Crippen LogP contribution in [-0.2, 0) is 6.42 Å². The third-order valence-corrected chi connectivity index (χ3v) is 5.78. The SMILES string of the molecule is C=CCN(CC(Cc1ccccc1)N(C)C)C(=O)N[C@H](C)CC1=CSCC1. The number of urea groups is 1. The van der Waals surface area contributed by atoms with E-state index >= 15 is 0 Å². The largest absolute Gasteiger partial charge is 0.335 e. The quantitative estimate of drug-likeness (QED) is 0.613. The third kappa shape index (κ3) is 7.43. The van der Waals surface area contributed by atoms with Crippen LogP contribution in [0.15, 0.2) is 54.0 Å². The minimum absolute atomic E-state index is 0.00596. The Labute approximate surface area is 168 Å². The second-order valence-corrected chi connectivity index (χ2v) is 8.43. The number of rotatable bonds is 10. The normalized spacial score (nSPS) is 15.9. The molecule has 27 heavy (non-hydrogen) atoms. The first-order valence-electron chi connectivity index (χ1n) is 9.65. The van der Waals surface area contributed by atoms with Crippen LogP contribution >= 0.6 is 11.8 Å². The Hall–Kier alpha value is -1.72. The Morgan fingerprint density at radius 1 is 1.30 bits per heavy atom. The van der Waals surface area contributed by atoms with Gasteiger partial charge in [0.1, 0.15) is 0 Å². The highest BCUT2D eigenvalue weighted by molar-refractivity contribution is 8.02. The molecule has 5 heteroatoms. The molecule has 1 aliphatic rings. The lowest BCUT2D eigenvalue weighted by Gasteiger charge is -2.32. The number of benzene rings is 1. The molecule has 0 bridgehead atoms. The lowest BCUT2D eigenvalue weighted by Crippen LogP contribution is -2.49. The molecule has 148 valence electrons. The fourth-order valence-electron chi connectivity index (χ4n) is 3.27. The van der Waals surface area contributed by atoms with Gasteiger partial charge in [-0.3, -0.25) is 0 Å². The van der Waals surface area contributed by atoms with Crippen molar-refractivity contribution < 1.29 is 4.79 Å². The van der Waals surface area contributed by atoms with Gasteiger partial charge in [0.25, 0.3) is 0 Å². The predicted molar refractivity (Wildman–Crippen MR) is 117 cm³/mol. The maximum absolute atomic E-state index is 12.9. The van der Waals surface area contributed by atoms with Crippen LogP contribution in [0.3, 0.4) is 0 Å². The first-order valence-corrected chi connectivity index (χ1v) is 10.7. The summed E-state index contributed by atoms with van der Waals surface area (Å²) >= 11 is 1.87. The highest BCUT2D eigenvalue weighted by Crippen LogP contribution is 2.25. The maximum Gasteiger partial charge on any atom is 0.317 e. The standard InChI is InChI=1S/C22H33N3OS/c1-5-12-25(22(26)23-18(2)14-20-11-13-27-17-20)16-21(24(3)4)15-19-9-7-6-8-10-19/h5-10,17-18,21H,1,11-16H2,2-4H3,(H,23,26)/t18-,21?/m1/s1. The first kappa shape index (κ1) is 21.6. The van der Waals surface area contributed by atoms with Crippen molar-refractivity contribution in [2.24, 2.45) is 0 Å². The molecule has 1 aromatic carbocycles. The topological polar surface area (TPSA) is 35.6 Å². The molecule has 0 saturated carbocycles. The van der Waals surface area contributed by atoms with E-state index in [4.69, 9.17) is 0 Å². The van der Waals surface area contributed by atoms with Gasteiger partial charge in [-0.05, 0) is 51.3 Å². The Bertz CT molecular complexity index is 630. The van der Waals surface area contributed by atoms with Crippen LogP contribution < -0.4 is 5.32 Å². The zero-order chi connectivity index (χ0) is 19.6.